The van der Waals surface area contributed by atoms with Gasteiger partial charge in [0.05, 0.1) is 0 Å². The van der Waals surface area contributed by atoms with Crippen LogP contribution in [-0.4, -0.2) is 18.0 Å². The maximum absolute atomic E-state index is 3.98. The molecule has 1 aromatic rings. The molecule has 1 aromatic carbocycles. The number of hydrogen-bond acceptors (Lipinski definition) is 1. The maximum Gasteiger partial charge on any atom is 1.00 e. The summed E-state index contributed by atoms with van der Waals surface area (Å²) >= 11 is 0. The summed E-state index contributed by atoms with van der Waals surface area (Å²) in [6.07, 6.45) is 2.14. The third-order valence-electron chi connectivity index (χ3n) is 2.92. The number of rotatable bonds is 6. The van der Waals surface area contributed by atoms with Gasteiger partial charge in [-0.15, -0.1) is 0 Å². The van der Waals surface area contributed by atoms with Gasteiger partial charge in [0.1, 0.15) is 0 Å². The normalized spacial score (nSPS) is 12.2. The van der Waals surface area contributed by atoms with E-state index in [2.05, 4.69) is 56.0 Å². The molecule has 0 fully saturated rings. The molecule has 2 heteroatoms. The number of nitrogens with zero attached hydrogens (tertiary/aromatic N) is 1. The van der Waals surface area contributed by atoms with Crippen LogP contribution >= 0.6 is 0 Å². The molecule has 0 aromatic heterocycles. The van der Waals surface area contributed by atoms with Gasteiger partial charge in [-0.25, -0.2) is 0 Å². The van der Waals surface area contributed by atoms with E-state index in [9.17, 15) is 0 Å². The second-order valence-electron chi connectivity index (χ2n) is 3.79. The van der Waals surface area contributed by atoms with E-state index < -0.39 is 0 Å². The summed E-state index contributed by atoms with van der Waals surface area (Å²) in [7, 11) is 0. The van der Waals surface area contributed by atoms with Gasteiger partial charge < -0.3 is 6.92 Å². The molecule has 1 unspecified atom stereocenters. The second-order valence-corrected chi connectivity index (χ2v) is 3.79. The fraction of sp³-hybridized carbons (Fsp3) is 0.500. The molecule has 0 saturated carbocycles. The third kappa shape index (κ3) is 4.34. The van der Waals surface area contributed by atoms with Gasteiger partial charge in [0.15, 0.2) is 0 Å². The van der Waals surface area contributed by atoms with E-state index >= 15 is 0 Å². The predicted octanol–water partition coefficient (Wildman–Crippen LogP) is 0.688. The molecule has 0 aliphatic carbocycles. The van der Waals surface area contributed by atoms with Crippen molar-refractivity contribution < 1.29 is 18.9 Å². The minimum Gasteiger partial charge on any atom is -0.343 e. The molecule has 1 nitrogen and oxygen atoms in total. The summed E-state index contributed by atoms with van der Waals surface area (Å²) in [4.78, 5) is 2.50. The molecule has 1 atom stereocenters. The quantitative estimate of drug-likeness (QED) is 0.494. The summed E-state index contributed by atoms with van der Waals surface area (Å²) in [5, 5.41) is 0. The molecule has 0 aliphatic heterocycles. The van der Waals surface area contributed by atoms with Crippen LogP contribution < -0.4 is 18.9 Å². The van der Waals surface area contributed by atoms with E-state index in [1.165, 1.54) is 5.56 Å². The second kappa shape index (κ2) is 8.88. The number of benzene rings is 1. The Hall–Kier alpha value is -0.223. The minimum absolute atomic E-state index is 0. The van der Waals surface area contributed by atoms with Crippen molar-refractivity contribution in [3.05, 3.63) is 42.8 Å². The first-order valence-electron chi connectivity index (χ1n) is 5.91. The Balaban J connectivity index is 0.00000225. The molecule has 84 valence electrons. The van der Waals surface area contributed by atoms with Crippen molar-refractivity contribution in [2.24, 2.45) is 0 Å². The first kappa shape index (κ1) is 15.8. The third-order valence-corrected chi connectivity index (χ3v) is 2.92. The molecule has 0 amide bonds. The van der Waals surface area contributed by atoms with Crippen LogP contribution in [0.1, 0.15) is 38.3 Å². The molecule has 1 rings (SSSR count). The van der Waals surface area contributed by atoms with E-state index in [1.54, 1.807) is 0 Å². The fourth-order valence-corrected chi connectivity index (χ4v) is 2.09. The summed E-state index contributed by atoms with van der Waals surface area (Å²) in [5.41, 5.74) is 1.42. The van der Waals surface area contributed by atoms with Crippen molar-refractivity contribution in [2.75, 3.05) is 13.1 Å². The van der Waals surface area contributed by atoms with Crippen molar-refractivity contribution in [2.45, 2.75) is 32.7 Å². The van der Waals surface area contributed by atoms with Gasteiger partial charge in [0, 0.05) is 6.04 Å². The molecule has 0 N–H and O–H groups in total. The monoisotopic (exact) mass is 211 g/mol. The van der Waals surface area contributed by atoms with Gasteiger partial charge in [-0.2, -0.15) is 6.42 Å². The molecular weight excluding hydrogens is 189 g/mol. The first-order chi connectivity index (χ1) is 7.33. The Morgan fingerprint density at radius 1 is 1.12 bits per heavy atom. The van der Waals surface area contributed by atoms with Gasteiger partial charge in [0.2, 0.25) is 0 Å². The molecule has 0 bridgehead atoms. The smallest absolute Gasteiger partial charge is 0.343 e. The fourth-order valence-electron chi connectivity index (χ4n) is 2.09. The zero-order valence-electron chi connectivity index (χ0n) is 10.9. The van der Waals surface area contributed by atoms with Crippen molar-refractivity contribution in [1.29, 1.82) is 0 Å². The van der Waals surface area contributed by atoms with Gasteiger partial charge in [-0.3, -0.25) is 4.90 Å². The van der Waals surface area contributed by atoms with Crippen LogP contribution in [0.3, 0.4) is 0 Å². The first-order valence-corrected chi connectivity index (χ1v) is 5.91. The Morgan fingerprint density at radius 2 is 1.69 bits per heavy atom. The van der Waals surface area contributed by atoms with Crippen LogP contribution in [0, 0.1) is 6.92 Å². The van der Waals surface area contributed by atoms with Crippen LogP contribution in [0.5, 0.6) is 0 Å². The van der Waals surface area contributed by atoms with Crippen LogP contribution in [0.2, 0.25) is 0 Å². The van der Waals surface area contributed by atoms with E-state index in [-0.39, 0.29) is 18.9 Å². The Kier molecular flexibility index (Phi) is 8.75. The Morgan fingerprint density at radius 3 is 2.12 bits per heavy atom. The van der Waals surface area contributed by atoms with Gasteiger partial charge in [-0.05, 0) is 18.7 Å². The standard InChI is InChI=1S/C14H22N.Li/c1-4-10-14(15(5-2)6-3)13-11-8-7-9-12-13;/h7-9,11-12,14H,1,4-6,10H2,2-3H3;/q-1;+1. The van der Waals surface area contributed by atoms with Crippen molar-refractivity contribution in [3.8, 4) is 0 Å². The molecule has 16 heavy (non-hydrogen) atoms. The van der Waals surface area contributed by atoms with Gasteiger partial charge in [-0.1, -0.05) is 50.6 Å². The summed E-state index contributed by atoms with van der Waals surface area (Å²) in [6, 6.07) is 11.3. The van der Waals surface area contributed by atoms with E-state index in [0.717, 1.165) is 25.9 Å². The molecule has 0 spiro atoms. The molecule has 0 aliphatic rings. The topological polar surface area (TPSA) is 3.24 Å². The maximum atomic E-state index is 3.98. The molecule has 0 saturated heterocycles. The van der Waals surface area contributed by atoms with E-state index in [4.69, 9.17) is 0 Å². The minimum atomic E-state index is 0. The van der Waals surface area contributed by atoms with Gasteiger partial charge in [0.25, 0.3) is 0 Å². The van der Waals surface area contributed by atoms with Crippen LogP contribution in [0.4, 0.5) is 0 Å². The van der Waals surface area contributed by atoms with E-state index in [0.29, 0.717) is 6.04 Å². The molecule has 0 heterocycles. The molecule has 0 radical (unpaired) electrons. The molecular formula is C14H22LiN. The van der Waals surface area contributed by atoms with Crippen LogP contribution in [0.25, 0.3) is 0 Å². The predicted molar refractivity (Wildman–Crippen MR) is 66.7 cm³/mol. The summed E-state index contributed by atoms with van der Waals surface area (Å²) in [5.74, 6) is 0. The van der Waals surface area contributed by atoms with Crippen molar-refractivity contribution in [3.63, 3.8) is 0 Å². The Labute approximate surface area is 112 Å². The Bertz CT molecular complexity index is 257. The average molecular weight is 211 g/mol. The SMILES string of the molecule is [CH2-]CCC(c1ccccc1)N(CC)CC.[Li+]. The van der Waals surface area contributed by atoms with Crippen LogP contribution in [0.15, 0.2) is 30.3 Å². The average Bonchev–Trinajstić information content (AvgIpc) is 2.30. The number of hydrogen-bond donors (Lipinski definition) is 0. The van der Waals surface area contributed by atoms with Gasteiger partial charge >= 0.3 is 18.9 Å². The van der Waals surface area contributed by atoms with E-state index in [1.807, 2.05) is 0 Å². The summed E-state index contributed by atoms with van der Waals surface area (Å²) in [6.45, 7) is 10.6. The zero-order valence-corrected chi connectivity index (χ0v) is 10.9. The zero-order chi connectivity index (χ0) is 11.1. The largest absolute Gasteiger partial charge is 1.00 e. The van der Waals surface area contributed by atoms with Crippen molar-refractivity contribution in [1.82, 2.24) is 4.90 Å². The summed E-state index contributed by atoms with van der Waals surface area (Å²) < 4.78 is 0. The van der Waals surface area contributed by atoms with Crippen molar-refractivity contribution >= 4 is 0 Å². The van der Waals surface area contributed by atoms with Crippen LogP contribution in [-0.2, 0) is 0 Å².